The number of benzene rings is 2. The van der Waals surface area contributed by atoms with Crippen LogP contribution < -0.4 is 9.47 Å². The van der Waals surface area contributed by atoms with Gasteiger partial charge in [0.25, 0.3) is 0 Å². The Morgan fingerprint density at radius 1 is 0.714 bits per heavy atom. The van der Waals surface area contributed by atoms with E-state index in [0.717, 1.165) is 37.6 Å². The summed E-state index contributed by atoms with van der Waals surface area (Å²) in [5, 5.41) is 0. The fraction of sp³-hybridized carbons (Fsp3) is 0.360. The summed E-state index contributed by atoms with van der Waals surface area (Å²) in [6, 6.07) is 19.6. The van der Waals surface area contributed by atoms with Crippen LogP contribution in [0.3, 0.4) is 0 Å². The molecule has 28 heavy (non-hydrogen) atoms. The third kappa shape index (κ3) is 7.39. The monoisotopic (exact) mass is 373 g/mol. The molecule has 0 aromatic heterocycles. The summed E-state index contributed by atoms with van der Waals surface area (Å²) in [6.45, 7) is 3.92. The molecule has 1 aliphatic heterocycles. The zero-order valence-electron chi connectivity index (χ0n) is 16.3. The van der Waals surface area contributed by atoms with Gasteiger partial charge in [0.15, 0.2) is 0 Å². The topological polar surface area (TPSA) is 21.7 Å². The molecule has 0 unspecified atom stereocenters. The average molecular weight is 373 g/mol. The van der Waals surface area contributed by atoms with Crippen molar-refractivity contribution in [2.75, 3.05) is 32.8 Å². The lowest BCUT2D eigenvalue weighted by molar-refractivity contribution is 0.205. The summed E-state index contributed by atoms with van der Waals surface area (Å²) in [7, 11) is 0. The Balaban J connectivity index is 1.26. The molecule has 1 saturated heterocycles. The first-order chi connectivity index (χ1) is 13.9. The Hall–Kier alpha value is -2.88. The molecular formula is C25H27NO2. The normalized spacial score (nSPS) is 14.3. The van der Waals surface area contributed by atoms with E-state index < -0.39 is 0 Å². The average Bonchev–Trinajstić information content (AvgIpc) is 2.76. The van der Waals surface area contributed by atoms with Crippen LogP contribution in [-0.2, 0) is 0 Å². The lowest BCUT2D eigenvalue weighted by atomic mass is 9.94. The molecule has 1 fully saturated rings. The molecule has 3 rings (SSSR count). The second-order valence-corrected chi connectivity index (χ2v) is 6.83. The standard InChI is InChI=1S/C25H27NO2/c1-3-12-24(13-4-1)27-21-9-7-11-23-16-19-26(20-17-23)18-8-10-22-28-25-14-5-2-6-15-25/h1-6,12-15,23H,11,16-22H2. The van der Waals surface area contributed by atoms with Crippen molar-refractivity contribution < 1.29 is 9.47 Å². The summed E-state index contributed by atoms with van der Waals surface area (Å²) >= 11 is 0. The van der Waals surface area contributed by atoms with Crippen LogP contribution in [0.1, 0.15) is 19.3 Å². The van der Waals surface area contributed by atoms with Crippen LogP contribution in [0.5, 0.6) is 11.5 Å². The van der Waals surface area contributed by atoms with Gasteiger partial charge >= 0.3 is 0 Å². The second kappa shape index (κ2) is 11.8. The number of ether oxygens (including phenoxy) is 2. The van der Waals surface area contributed by atoms with Gasteiger partial charge < -0.3 is 9.47 Å². The van der Waals surface area contributed by atoms with Gasteiger partial charge in [-0.05, 0) is 56.1 Å². The van der Waals surface area contributed by atoms with E-state index in [1.165, 1.54) is 12.8 Å². The molecule has 2 aromatic rings. The molecule has 1 aliphatic rings. The molecule has 0 saturated carbocycles. The third-order valence-electron chi connectivity index (χ3n) is 4.76. The van der Waals surface area contributed by atoms with Gasteiger partial charge in [0.1, 0.15) is 24.7 Å². The Morgan fingerprint density at radius 2 is 1.25 bits per heavy atom. The minimum Gasteiger partial charge on any atom is -0.481 e. The fourth-order valence-corrected chi connectivity index (χ4v) is 3.11. The fourth-order valence-electron chi connectivity index (χ4n) is 3.11. The zero-order chi connectivity index (χ0) is 19.3. The van der Waals surface area contributed by atoms with Crippen LogP contribution in [0.15, 0.2) is 60.7 Å². The molecule has 0 atom stereocenters. The van der Waals surface area contributed by atoms with E-state index in [0.29, 0.717) is 19.1 Å². The predicted octanol–water partition coefficient (Wildman–Crippen LogP) is 4.25. The van der Waals surface area contributed by atoms with E-state index in [-0.39, 0.29) is 0 Å². The molecule has 0 spiro atoms. The summed E-state index contributed by atoms with van der Waals surface area (Å²) in [4.78, 5) is 2.41. The second-order valence-electron chi connectivity index (χ2n) is 6.83. The van der Waals surface area contributed by atoms with E-state index in [1.54, 1.807) is 0 Å². The first-order valence-corrected chi connectivity index (χ1v) is 9.89. The lowest BCUT2D eigenvalue weighted by Crippen LogP contribution is -2.33. The molecule has 144 valence electrons. The number of likely N-dealkylation sites (tertiary alicyclic amines) is 1. The van der Waals surface area contributed by atoms with Crippen molar-refractivity contribution in [1.29, 1.82) is 0 Å². The van der Waals surface area contributed by atoms with Crippen LogP contribution in [0.2, 0.25) is 0 Å². The molecule has 3 nitrogen and oxygen atoms in total. The Labute approximate surface area is 168 Å². The quantitative estimate of drug-likeness (QED) is 0.707. The van der Waals surface area contributed by atoms with Crippen molar-refractivity contribution >= 4 is 0 Å². The molecule has 0 amide bonds. The highest BCUT2D eigenvalue weighted by Crippen LogP contribution is 2.19. The molecule has 3 heteroatoms. The maximum Gasteiger partial charge on any atom is 0.149 e. The Bertz CT molecular complexity index is 732. The number of nitrogens with zero attached hydrogens (tertiary/aromatic N) is 1. The van der Waals surface area contributed by atoms with Gasteiger partial charge in [-0.25, -0.2) is 0 Å². The minimum atomic E-state index is 0.446. The van der Waals surface area contributed by atoms with Gasteiger partial charge in [-0.3, -0.25) is 4.90 Å². The number of piperidine rings is 1. The van der Waals surface area contributed by atoms with Gasteiger partial charge in [0, 0.05) is 6.42 Å². The highest BCUT2D eigenvalue weighted by atomic mass is 16.5. The van der Waals surface area contributed by atoms with Crippen LogP contribution in [0, 0.1) is 29.6 Å². The number of hydrogen-bond donors (Lipinski definition) is 0. The van der Waals surface area contributed by atoms with E-state index in [9.17, 15) is 0 Å². The van der Waals surface area contributed by atoms with E-state index in [2.05, 4.69) is 28.6 Å². The van der Waals surface area contributed by atoms with Crippen LogP contribution in [0.4, 0.5) is 0 Å². The van der Waals surface area contributed by atoms with Crippen LogP contribution in [-0.4, -0.2) is 37.7 Å². The van der Waals surface area contributed by atoms with Crippen molar-refractivity contribution in [3.05, 3.63) is 60.7 Å². The molecule has 1 heterocycles. The summed E-state index contributed by atoms with van der Waals surface area (Å²) in [6.07, 6.45) is 3.34. The SMILES string of the molecule is C(#CCC1CCN(CC#CCOc2ccccc2)CC1)COc1ccccc1. The lowest BCUT2D eigenvalue weighted by Gasteiger charge is -2.29. The smallest absolute Gasteiger partial charge is 0.149 e. The number of para-hydroxylation sites is 2. The van der Waals surface area contributed by atoms with Gasteiger partial charge in [0.2, 0.25) is 0 Å². The van der Waals surface area contributed by atoms with Crippen LogP contribution >= 0.6 is 0 Å². The van der Waals surface area contributed by atoms with Crippen molar-refractivity contribution in [2.24, 2.45) is 5.92 Å². The van der Waals surface area contributed by atoms with Gasteiger partial charge in [0.05, 0.1) is 6.54 Å². The van der Waals surface area contributed by atoms with Crippen molar-refractivity contribution in [3.63, 3.8) is 0 Å². The summed E-state index contributed by atoms with van der Waals surface area (Å²) in [5.41, 5.74) is 0. The van der Waals surface area contributed by atoms with Crippen LogP contribution in [0.25, 0.3) is 0 Å². The number of hydrogen-bond acceptors (Lipinski definition) is 3. The van der Waals surface area contributed by atoms with Gasteiger partial charge in [-0.15, -0.1) is 0 Å². The van der Waals surface area contributed by atoms with Crippen molar-refractivity contribution in [1.82, 2.24) is 4.90 Å². The van der Waals surface area contributed by atoms with Gasteiger partial charge in [-0.1, -0.05) is 60.1 Å². The van der Waals surface area contributed by atoms with E-state index >= 15 is 0 Å². The third-order valence-corrected chi connectivity index (χ3v) is 4.76. The summed E-state index contributed by atoms with van der Waals surface area (Å²) < 4.78 is 11.2. The molecule has 0 N–H and O–H groups in total. The number of rotatable bonds is 6. The first kappa shape index (κ1) is 19.9. The van der Waals surface area contributed by atoms with Gasteiger partial charge in [-0.2, -0.15) is 0 Å². The predicted molar refractivity (Wildman–Crippen MR) is 113 cm³/mol. The molecule has 0 aliphatic carbocycles. The molecule has 0 bridgehead atoms. The molecule has 2 aromatic carbocycles. The van der Waals surface area contributed by atoms with E-state index in [4.69, 9.17) is 9.47 Å². The van der Waals surface area contributed by atoms with Crippen molar-refractivity contribution in [3.8, 4) is 35.2 Å². The minimum absolute atomic E-state index is 0.446. The van der Waals surface area contributed by atoms with Crippen molar-refractivity contribution in [2.45, 2.75) is 19.3 Å². The first-order valence-electron chi connectivity index (χ1n) is 9.89. The highest BCUT2D eigenvalue weighted by Gasteiger charge is 2.17. The largest absolute Gasteiger partial charge is 0.481 e. The molecular weight excluding hydrogens is 346 g/mol. The zero-order valence-corrected chi connectivity index (χ0v) is 16.3. The Morgan fingerprint density at radius 3 is 1.82 bits per heavy atom. The maximum absolute atomic E-state index is 5.60. The van der Waals surface area contributed by atoms with E-state index in [1.807, 2.05) is 60.7 Å². The Kier molecular flexibility index (Phi) is 8.34. The summed E-state index contributed by atoms with van der Waals surface area (Å²) in [5.74, 6) is 15.2. The highest BCUT2D eigenvalue weighted by molar-refractivity contribution is 5.22. The molecule has 0 radical (unpaired) electrons. The maximum atomic E-state index is 5.60.